The zero-order chi connectivity index (χ0) is 21.8. The van der Waals surface area contributed by atoms with Crippen LogP contribution in [0.4, 0.5) is 0 Å². The fourth-order valence-corrected chi connectivity index (χ4v) is 4.81. The van der Waals surface area contributed by atoms with Gasteiger partial charge in [-0.2, -0.15) is 0 Å². The van der Waals surface area contributed by atoms with Gasteiger partial charge in [-0.05, 0) is 29.8 Å². The summed E-state index contributed by atoms with van der Waals surface area (Å²) in [7, 11) is 0. The van der Waals surface area contributed by atoms with E-state index in [0.29, 0.717) is 25.1 Å². The molecule has 31 heavy (non-hydrogen) atoms. The van der Waals surface area contributed by atoms with Gasteiger partial charge in [0.05, 0.1) is 12.1 Å². The number of nitrogens with two attached hydrogens (primary N) is 1. The zero-order valence-electron chi connectivity index (χ0n) is 17.0. The van der Waals surface area contributed by atoms with E-state index in [0.717, 1.165) is 45.9 Å². The van der Waals surface area contributed by atoms with Crippen molar-refractivity contribution >= 4 is 39.1 Å². The van der Waals surface area contributed by atoms with Crippen LogP contribution in [-0.2, 0) is 17.8 Å². The minimum absolute atomic E-state index is 0.122. The Balaban J connectivity index is 1.28. The zero-order valence-corrected chi connectivity index (χ0v) is 19.4. The monoisotopic (exact) mass is 498 g/mol. The van der Waals surface area contributed by atoms with Gasteiger partial charge in [-0.15, -0.1) is 11.3 Å². The average molecular weight is 499 g/mol. The van der Waals surface area contributed by atoms with E-state index in [1.807, 2.05) is 46.7 Å². The number of hydrogen-bond donors (Lipinski definition) is 1. The van der Waals surface area contributed by atoms with Crippen LogP contribution in [0.15, 0.2) is 58.4 Å². The lowest BCUT2D eigenvalue weighted by molar-refractivity contribution is -0.132. The Kier molecular flexibility index (Phi) is 6.80. The predicted molar refractivity (Wildman–Crippen MR) is 126 cm³/mol. The molecule has 2 heterocycles. The molecule has 8 heteroatoms. The first kappa shape index (κ1) is 21.7. The molecular formula is C23H23BrN4O2S. The van der Waals surface area contributed by atoms with Crippen LogP contribution in [-0.4, -0.2) is 52.8 Å². The maximum Gasteiger partial charge on any atom is 0.248 e. The minimum Gasteiger partial charge on any atom is -0.366 e. The van der Waals surface area contributed by atoms with Crippen molar-refractivity contribution in [1.82, 2.24) is 14.8 Å². The van der Waals surface area contributed by atoms with Crippen LogP contribution in [0.25, 0.3) is 10.6 Å². The molecule has 0 radical (unpaired) electrons. The summed E-state index contributed by atoms with van der Waals surface area (Å²) in [5.41, 5.74) is 8.81. The minimum atomic E-state index is -0.414. The van der Waals surface area contributed by atoms with Crippen LogP contribution in [0.2, 0.25) is 0 Å². The van der Waals surface area contributed by atoms with E-state index in [2.05, 4.69) is 25.8 Å². The van der Waals surface area contributed by atoms with Gasteiger partial charge >= 0.3 is 0 Å². The summed E-state index contributed by atoms with van der Waals surface area (Å²) in [6.45, 7) is 3.86. The summed E-state index contributed by atoms with van der Waals surface area (Å²) in [4.78, 5) is 32.8. The Morgan fingerprint density at radius 2 is 1.81 bits per heavy atom. The molecule has 1 aliphatic rings. The van der Waals surface area contributed by atoms with Crippen molar-refractivity contribution in [2.75, 3.05) is 26.2 Å². The summed E-state index contributed by atoms with van der Waals surface area (Å²) in [5, 5.41) is 2.90. The van der Waals surface area contributed by atoms with Gasteiger partial charge in [0.15, 0.2) is 0 Å². The van der Waals surface area contributed by atoms with Crippen molar-refractivity contribution in [3.8, 4) is 10.6 Å². The van der Waals surface area contributed by atoms with Crippen LogP contribution in [0.3, 0.4) is 0 Å². The number of halogens is 1. The fourth-order valence-electron chi connectivity index (χ4n) is 3.60. The summed E-state index contributed by atoms with van der Waals surface area (Å²) in [6.07, 6.45) is 0.332. The second-order valence-corrected chi connectivity index (χ2v) is 9.32. The number of thiazole rings is 1. The van der Waals surface area contributed by atoms with Crippen molar-refractivity contribution in [1.29, 1.82) is 0 Å². The predicted octanol–water partition coefficient (Wildman–Crippen LogP) is 3.56. The van der Waals surface area contributed by atoms with Crippen LogP contribution >= 0.6 is 27.3 Å². The van der Waals surface area contributed by atoms with E-state index in [9.17, 15) is 9.59 Å². The molecule has 2 aromatic carbocycles. The first-order valence-corrected chi connectivity index (χ1v) is 11.7. The molecule has 2 amide bonds. The highest BCUT2D eigenvalue weighted by molar-refractivity contribution is 9.10. The number of benzene rings is 2. The molecule has 1 aliphatic heterocycles. The number of rotatable bonds is 6. The second-order valence-electron chi connectivity index (χ2n) is 7.55. The Morgan fingerprint density at radius 1 is 1.06 bits per heavy atom. The lowest BCUT2D eigenvalue weighted by Gasteiger charge is -2.34. The Labute approximate surface area is 193 Å². The number of carbonyl (C=O) groups is 2. The molecule has 0 saturated carbocycles. The van der Waals surface area contributed by atoms with Gasteiger partial charge < -0.3 is 10.6 Å². The number of piperazine rings is 1. The molecule has 6 nitrogen and oxygen atoms in total. The first-order chi connectivity index (χ1) is 15.0. The normalized spacial score (nSPS) is 14.5. The highest BCUT2D eigenvalue weighted by atomic mass is 79.9. The average Bonchev–Trinajstić information content (AvgIpc) is 3.23. The van der Waals surface area contributed by atoms with Crippen LogP contribution in [0, 0.1) is 0 Å². The van der Waals surface area contributed by atoms with Crippen molar-refractivity contribution in [3.05, 3.63) is 75.2 Å². The van der Waals surface area contributed by atoms with E-state index in [-0.39, 0.29) is 5.91 Å². The molecule has 0 unspecified atom stereocenters. The van der Waals surface area contributed by atoms with Gasteiger partial charge in [-0.1, -0.05) is 40.2 Å². The Morgan fingerprint density at radius 3 is 2.48 bits per heavy atom. The molecule has 0 atom stereocenters. The van der Waals surface area contributed by atoms with Crippen molar-refractivity contribution in [2.24, 2.45) is 5.73 Å². The summed E-state index contributed by atoms with van der Waals surface area (Å²) in [5.74, 6) is -0.292. The van der Waals surface area contributed by atoms with Crippen molar-refractivity contribution in [3.63, 3.8) is 0 Å². The van der Waals surface area contributed by atoms with E-state index in [4.69, 9.17) is 5.73 Å². The summed E-state index contributed by atoms with van der Waals surface area (Å²) in [6, 6.07) is 15.4. The third-order valence-electron chi connectivity index (χ3n) is 5.33. The Bertz CT molecular complexity index is 1080. The quantitative estimate of drug-likeness (QED) is 0.563. The standard InChI is InChI=1S/C23H23BrN4O2S/c24-19-3-1-2-18(12-19)23-26-20(15-31-23)13-21(29)28-10-8-27(9-11-28)14-16-4-6-17(7-5-16)22(25)30/h1-7,12,15H,8-11,13-14H2,(H2,25,30). The van der Waals surface area contributed by atoms with Crippen molar-refractivity contribution < 1.29 is 9.59 Å². The first-order valence-electron chi connectivity index (χ1n) is 10.1. The lowest BCUT2D eigenvalue weighted by Crippen LogP contribution is -2.48. The van der Waals surface area contributed by atoms with Gasteiger partial charge in [0, 0.05) is 53.7 Å². The van der Waals surface area contributed by atoms with Gasteiger partial charge in [0.1, 0.15) is 5.01 Å². The molecule has 3 aromatic rings. The van der Waals surface area contributed by atoms with Gasteiger partial charge in [0.25, 0.3) is 0 Å². The third-order valence-corrected chi connectivity index (χ3v) is 6.76. The molecule has 160 valence electrons. The largest absolute Gasteiger partial charge is 0.366 e. The van der Waals surface area contributed by atoms with Gasteiger partial charge in [-0.25, -0.2) is 4.98 Å². The topological polar surface area (TPSA) is 79.5 Å². The highest BCUT2D eigenvalue weighted by Gasteiger charge is 2.22. The molecule has 4 rings (SSSR count). The van der Waals surface area contributed by atoms with Gasteiger partial charge in [0.2, 0.25) is 11.8 Å². The molecule has 0 bridgehead atoms. The van der Waals surface area contributed by atoms with Crippen molar-refractivity contribution in [2.45, 2.75) is 13.0 Å². The maximum absolute atomic E-state index is 12.8. The molecule has 2 N–H and O–H groups in total. The molecule has 1 saturated heterocycles. The third kappa shape index (κ3) is 5.58. The molecule has 0 spiro atoms. The SMILES string of the molecule is NC(=O)c1ccc(CN2CCN(C(=O)Cc3csc(-c4cccc(Br)c4)n3)CC2)cc1. The smallest absolute Gasteiger partial charge is 0.248 e. The van der Waals surface area contributed by atoms with E-state index in [1.54, 1.807) is 23.5 Å². The van der Waals surface area contributed by atoms with Gasteiger partial charge in [-0.3, -0.25) is 14.5 Å². The Hall–Kier alpha value is -2.55. The molecular weight excluding hydrogens is 476 g/mol. The van der Waals surface area contributed by atoms with E-state index >= 15 is 0 Å². The number of carbonyl (C=O) groups excluding carboxylic acids is 2. The van der Waals surface area contributed by atoms with E-state index in [1.165, 1.54) is 0 Å². The molecule has 1 fully saturated rings. The number of nitrogens with zero attached hydrogens (tertiary/aromatic N) is 3. The molecule has 1 aromatic heterocycles. The number of aromatic nitrogens is 1. The number of amides is 2. The maximum atomic E-state index is 12.8. The number of hydrogen-bond acceptors (Lipinski definition) is 5. The van der Waals surface area contributed by atoms with E-state index < -0.39 is 5.91 Å². The molecule has 0 aliphatic carbocycles. The lowest BCUT2D eigenvalue weighted by atomic mass is 10.1. The van der Waals surface area contributed by atoms with Crippen LogP contribution < -0.4 is 5.73 Å². The highest BCUT2D eigenvalue weighted by Crippen LogP contribution is 2.26. The fraction of sp³-hybridized carbons (Fsp3) is 0.261. The van der Waals surface area contributed by atoms with Crippen LogP contribution in [0.1, 0.15) is 21.6 Å². The summed E-state index contributed by atoms with van der Waals surface area (Å²) < 4.78 is 1.01. The number of primary amides is 1. The van der Waals surface area contributed by atoms with Crippen LogP contribution in [0.5, 0.6) is 0 Å². The second kappa shape index (κ2) is 9.72. The summed E-state index contributed by atoms with van der Waals surface area (Å²) >= 11 is 5.05.